The number of phenols is 1. The van der Waals surface area contributed by atoms with Crippen molar-refractivity contribution < 1.29 is 40.9 Å². The van der Waals surface area contributed by atoms with Crippen molar-refractivity contribution in [1.29, 1.82) is 0 Å². The van der Waals surface area contributed by atoms with E-state index in [2.05, 4.69) is 46.0 Å². The zero-order valence-corrected chi connectivity index (χ0v) is 28.8. The van der Waals surface area contributed by atoms with Gasteiger partial charge in [-0.25, -0.2) is 4.79 Å². The van der Waals surface area contributed by atoms with Crippen molar-refractivity contribution in [3.05, 3.63) is 108 Å². The summed E-state index contributed by atoms with van der Waals surface area (Å²) in [5, 5.41) is 42.1. The molecule has 53 heavy (non-hydrogen) atoms. The summed E-state index contributed by atoms with van der Waals surface area (Å²) in [5.74, 6) is -1.91. The average Bonchev–Trinajstić information content (AvgIpc) is 3.10. The zero-order valence-electron chi connectivity index (χ0n) is 26.4. The van der Waals surface area contributed by atoms with E-state index in [9.17, 15) is 36.4 Å². The number of aromatic nitrogens is 3. The summed E-state index contributed by atoms with van der Waals surface area (Å²) in [7, 11) is -9.29. The summed E-state index contributed by atoms with van der Waals surface area (Å²) in [5.41, 5.74) is 0.728. The van der Waals surface area contributed by atoms with Gasteiger partial charge in [-0.1, -0.05) is 12.1 Å². The maximum absolute atomic E-state index is 12.3. The van der Waals surface area contributed by atoms with Gasteiger partial charge in [-0.3, -0.25) is 9.11 Å². The third-order valence-corrected chi connectivity index (χ3v) is 9.03. The van der Waals surface area contributed by atoms with Crippen LogP contribution in [-0.2, 0) is 20.2 Å². The second kappa shape index (κ2) is 14.7. The van der Waals surface area contributed by atoms with Crippen LogP contribution in [0.15, 0.2) is 127 Å². The lowest BCUT2D eigenvalue weighted by Crippen LogP contribution is -2.04. The molecule has 1 aromatic heterocycles. The number of nitrogens with one attached hydrogen (secondary N) is 2. The van der Waals surface area contributed by atoms with Gasteiger partial charge >= 0.3 is 5.97 Å². The maximum Gasteiger partial charge on any atom is 0.337 e. The maximum atomic E-state index is 12.3. The molecule has 6 N–H and O–H groups in total. The summed E-state index contributed by atoms with van der Waals surface area (Å²) in [6, 6.07) is 22.7. The Morgan fingerprint density at radius 1 is 0.679 bits per heavy atom. The molecule has 0 aliphatic carbocycles. The fourth-order valence-electron chi connectivity index (χ4n) is 4.70. The van der Waals surface area contributed by atoms with E-state index in [1.165, 1.54) is 66.7 Å². The number of hydrogen-bond acceptors (Lipinski definition) is 15. The third-order valence-electron chi connectivity index (χ3n) is 7.12. The van der Waals surface area contributed by atoms with Crippen LogP contribution in [-0.4, -0.2) is 57.1 Å². The lowest BCUT2D eigenvalue weighted by molar-refractivity contribution is 0.0697. The Bertz CT molecular complexity index is 2680. The number of aromatic carboxylic acids is 1. The predicted octanol–water partition coefficient (Wildman–Crippen LogP) is 7.89. The van der Waals surface area contributed by atoms with Crippen LogP contribution in [0.1, 0.15) is 10.4 Å². The van der Waals surface area contributed by atoms with E-state index in [4.69, 9.17) is 16.2 Å². The van der Waals surface area contributed by atoms with Gasteiger partial charge in [-0.15, -0.1) is 10.2 Å². The van der Waals surface area contributed by atoms with Crippen LogP contribution in [0, 0.1) is 0 Å². The Morgan fingerprint density at radius 2 is 1.26 bits per heavy atom. The normalized spacial score (nSPS) is 12.1. The van der Waals surface area contributed by atoms with Gasteiger partial charge in [-0.05, 0) is 102 Å². The number of benzene rings is 5. The standard InChI is InChI=1S/C32H22ClN9O9S2/c33-30-36-31(34-18-5-7-19(8-6-18)39-40-20-9-12-22(13-10-20)52(46,47)48)38-32(37-30)35-21-11-14-23-17(15-21)16-26(53(49,50)51)27(28(23)43)42-41-25-4-2-1-3-24(25)29(44)45/h1-16,43H,(H,44,45)(H,46,47,48)(H,49,50,51)(H2,34,35,36,37,38). The summed E-state index contributed by atoms with van der Waals surface area (Å²) in [4.78, 5) is 22.9. The van der Waals surface area contributed by atoms with Crippen molar-refractivity contribution in [1.82, 2.24) is 15.0 Å². The monoisotopic (exact) mass is 775 g/mol. The molecule has 21 heteroatoms. The molecule has 0 unspecified atom stereocenters. The molecule has 0 bridgehead atoms. The minimum Gasteiger partial charge on any atom is -0.505 e. The first-order chi connectivity index (χ1) is 25.1. The highest BCUT2D eigenvalue weighted by Crippen LogP contribution is 2.42. The van der Waals surface area contributed by atoms with Crippen LogP contribution >= 0.6 is 11.6 Å². The fraction of sp³-hybridized carbons (Fsp3) is 0. The molecule has 0 spiro atoms. The SMILES string of the molecule is O=C(O)c1ccccc1N=Nc1c(S(=O)(=O)O)cc2cc(Nc3nc(Cl)nc(Nc4ccc(N=Nc5ccc(S(=O)(=O)O)cc5)cc4)n3)ccc2c1O. The van der Waals surface area contributed by atoms with Crippen LogP contribution in [0.2, 0.25) is 5.28 Å². The van der Waals surface area contributed by atoms with Gasteiger partial charge in [0.2, 0.25) is 17.2 Å². The highest BCUT2D eigenvalue weighted by atomic mass is 35.5. The minimum absolute atomic E-state index is 0.0148. The van der Waals surface area contributed by atoms with Crippen molar-refractivity contribution >= 4 is 94.6 Å². The molecule has 1 heterocycles. The number of carboxylic acid groups (broad SMARTS) is 1. The van der Waals surface area contributed by atoms with E-state index < -0.39 is 42.5 Å². The number of fused-ring (bicyclic) bond motifs is 1. The molecule has 0 saturated heterocycles. The van der Waals surface area contributed by atoms with Gasteiger partial charge in [0.1, 0.15) is 16.3 Å². The number of anilines is 4. The lowest BCUT2D eigenvalue weighted by Gasteiger charge is -2.12. The number of carbonyl (C=O) groups is 1. The molecular formula is C32H22ClN9O9S2. The van der Waals surface area contributed by atoms with Crippen molar-refractivity contribution in [3.63, 3.8) is 0 Å². The van der Waals surface area contributed by atoms with Gasteiger partial charge in [0.05, 0.1) is 21.8 Å². The van der Waals surface area contributed by atoms with Crippen molar-refractivity contribution in [3.8, 4) is 5.75 Å². The van der Waals surface area contributed by atoms with Gasteiger partial charge in [-0.2, -0.15) is 42.0 Å². The number of carboxylic acids is 1. The Labute approximate surface area is 304 Å². The van der Waals surface area contributed by atoms with E-state index in [1.54, 1.807) is 24.3 Å². The molecule has 0 aliphatic heterocycles. The molecule has 5 aromatic carbocycles. The Hall–Kier alpha value is -6.45. The minimum atomic E-state index is -4.96. The Balaban J connectivity index is 1.21. The molecule has 0 atom stereocenters. The first-order valence-corrected chi connectivity index (χ1v) is 18.0. The average molecular weight is 776 g/mol. The molecule has 0 fully saturated rings. The zero-order chi connectivity index (χ0) is 37.9. The predicted molar refractivity (Wildman–Crippen MR) is 191 cm³/mol. The lowest BCUT2D eigenvalue weighted by atomic mass is 10.1. The number of azo groups is 2. The summed E-state index contributed by atoms with van der Waals surface area (Å²) in [6.45, 7) is 0. The summed E-state index contributed by atoms with van der Waals surface area (Å²) >= 11 is 6.15. The number of nitrogens with zero attached hydrogens (tertiary/aromatic N) is 7. The van der Waals surface area contributed by atoms with Crippen molar-refractivity contribution in [2.45, 2.75) is 9.79 Å². The second-order valence-electron chi connectivity index (χ2n) is 10.7. The molecule has 6 aromatic rings. The molecule has 6 rings (SSSR count). The van der Waals surface area contributed by atoms with Crippen LogP contribution in [0.25, 0.3) is 10.8 Å². The Kier molecular flexibility index (Phi) is 10.0. The van der Waals surface area contributed by atoms with E-state index in [-0.39, 0.29) is 44.1 Å². The number of rotatable bonds is 11. The summed E-state index contributed by atoms with van der Waals surface area (Å²) in [6.07, 6.45) is 0. The van der Waals surface area contributed by atoms with Gasteiger partial charge < -0.3 is 20.8 Å². The van der Waals surface area contributed by atoms with Crippen LogP contribution in [0.4, 0.5) is 46.0 Å². The number of hydrogen-bond donors (Lipinski definition) is 6. The smallest absolute Gasteiger partial charge is 0.337 e. The van der Waals surface area contributed by atoms with Crippen LogP contribution < -0.4 is 10.6 Å². The van der Waals surface area contributed by atoms with Crippen molar-refractivity contribution in [2.75, 3.05) is 10.6 Å². The molecular weight excluding hydrogens is 754 g/mol. The van der Waals surface area contributed by atoms with Crippen LogP contribution in [0.5, 0.6) is 5.75 Å². The molecule has 0 aliphatic rings. The first-order valence-electron chi connectivity index (χ1n) is 14.7. The first kappa shape index (κ1) is 36.3. The van der Waals surface area contributed by atoms with Gasteiger partial charge in [0.25, 0.3) is 20.2 Å². The summed E-state index contributed by atoms with van der Waals surface area (Å²) < 4.78 is 66.1. The third kappa shape index (κ3) is 8.72. The van der Waals surface area contributed by atoms with Gasteiger partial charge in [0, 0.05) is 16.8 Å². The molecule has 268 valence electrons. The molecule has 0 amide bonds. The van der Waals surface area contributed by atoms with Crippen molar-refractivity contribution in [2.24, 2.45) is 20.5 Å². The van der Waals surface area contributed by atoms with E-state index in [0.717, 1.165) is 6.07 Å². The van der Waals surface area contributed by atoms with E-state index in [1.807, 2.05) is 0 Å². The quantitative estimate of drug-likeness (QED) is 0.0539. The second-order valence-corrected chi connectivity index (χ2v) is 13.9. The Morgan fingerprint density at radius 3 is 1.87 bits per heavy atom. The molecule has 18 nitrogen and oxygen atoms in total. The van der Waals surface area contributed by atoms with E-state index >= 15 is 0 Å². The number of phenolic OH excluding ortho intramolecular Hbond substituents is 1. The largest absolute Gasteiger partial charge is 0.505 e. The highest BCUT2D eigenvalue weighted by Gasteiger charge is 2.23. The molecule has 0 saturated carbocycles. The number of halogens is 1. The van der Waals surface area contributed by atoms with Crippen LogP contribution in [0.3, 0.4) is 0 Å². The fourth-order valence-corrected chi connectivity index (χ4v) is 6.00. The van der Waals surface area contributed by atoms with E-state index in [0.29, 0.717) is 22.7 Å². The number of aromatic hydroxyl groups is 1. The topological polar surface area (TPSA) is 278 Å². The molecule has 0 radical (unpaired) electrons. The highest BCUT2D eigenvalue weighted by molar-refractivity contribution is 7.86. The van der Waals surface area contributed by atoms with Gasteiger partial charge in [0.15, 0.2) is 5.75 Å².